The third-order valence-electron chi connectivity index (χ3n) is 18.2. The van der Waals surface area contributed by atoms with Crippen molar-refractivity contribution >= 4 is 95.2 Å². The number of rotatable bonds is 11. The van der Waals surface area contributed by atoms with Crippen molar-refractivity contribution in [2.45, 2.75) is 103 Å². The fourth-order valence-electron chi connectivity index (χ4n) is 13.5. The smallest absolute Gasteiger partial charge is 0.300 e. The van der Waals surface area contributed by atoms with Crippen molar-refractivity contribution in [1.29, 1.82) is 0 Å². The fraction of sp³-hybridized carbons (Fsp3) is 0.406. The first-order valence-electron chi connectivity index (χ1n) is 29.9. The Kier molecular flexibility index (Phi) is 15.8. The maximum absolute atomic E-state index is 15.6. The van der Waals surface area contributed by atoms with E-state index in [9.17, 15) is 0 Å². The van der Waals surface area contributed by atoms with Crippen LogP contribution < -0.4 is 22.1 Å². The molecule has 21 heteroatoms. The zero-order chi connectivity index (χ0) is 58.6. The molecule has 2 aliphatic carbocycles. The van der Waals surface area contributed by atoms with Crippen LogP contribution in [-0.2, 0) is 6.42 Å². The lowest BCUT2D eigenvalue weighted by Crippen LogP contribution is -2.49. The molecule has 0 spiro atoms. The topological polar surface area (TPSA) is 203 Å². The molecular weight excluding hydrogens is 1140 g/mol. The lowest BCUT2D eigenvalue weighted by atomic mass is 9.89. The van der Waals surface area contributed by atoms with E-state index in [-0.39, 0.29) is 17.7 Å². The molecule has 10 aromatic rings. The van der Waals surface area contributed by atoms with Crippen LogP contribution in [0.5, 0.6) is 0 Å². The number of aryl methyl sites for hydroxylation is 3. The number of oxazole rings is 2. The highest BCUT2D eigenvalue weighted by Crippen LogP contribution is 2.43. The van der Waals surface area contributed by atoms with E-state index in [1.54, 1.807) is 12.1 Å². The lowest BCUT2D eigenvalue weighted by Gasteiger charge is -2.41. The predicted molar refractivity (Wildman–Crippen MR) is 337 cm³/mol. The summed E-state index contributed by atoms with van der Waals surface area (Å²) in [7, 11) is 4.40. The molecule has 4 aromatic carbocycles. The Morgan fingerprint density at radius 3 is 1.42 bits per heavy atom. The van der Waals surface area contributed by atoms with Gasteiger partial charge in [0, 0.05) is 100 Å². The van der Waals surface area contributed by atoms with Crippen molar-refractivity contribution in [2.24, 2.45) is 0 Å². The quantitative estimate of drug-likeness (QED) is 0.0951. The van der Waals surface area contributed by atoms with Crippen molar-refractivity contribution in [1.82, 2.24) is 58.6 Å². The first-order chi connectivity index (χ1) is 41.2. The predicted octanol–water partition coefficient (Wildman–Crippen LogP) is 12.8. The van der Waals surface area contributed by atoms with Gasteiger partial charge < -0.3 is 49.9 Å². The van der Waals surface area contributed by atoms with Gasteiger partial charge in [0.2, 0.25) is 0 Å². The van der Waals surface area contributed by atoms with Gasteiger partial charge >= 0.3 is 0 Å². The fourth-order valence-corrected chi connectivity index (χ4v) is 14.2. The first kappa shape index (κ1) is 56.6. The second-order valence-corrected chi connectivity index (χ2v) is 24.7. The van der Waals surface area contributed by atoms with E-state index in [2.05, 4.69) is 125 Å². The van der Waals surface area contributed by atoms with Gasteiger partial charge in [-0.2, -0.15) is 9.97 Å². The maximum Gasteiger partial charge on any atom is 0.300 e. The van der Waals surface area contributed by atoms with Crippen molar-refractivity contribution in [3.05, 3.63) is 119 Å². The summed E-state index contributed by atoms with van der Waals surface area (Å²) in [4.78, 5) is 37.0. The third kappa shape index (κ3) is 11.4. The highest BCUT2D eigenvalue weighted by atomic mass is 79.9. The zero-order valence-electron chi connectivity index (χ0n) is 48.9. The molecule has 2 saturated carbocycles. The van der Waals surface area contributed by atoms with Crippen molar-refractivity contribution < 1.29 is 17.6 Å². The molecule has 2 aliphatic heterocycles. The van der Waals surface area contributed by atoms with Crippen LogP contribution in [0.3, 0.4) is 0 Å². The van der Waals surface area contributed by atoms with Gasteiger partial charge in [0.05, 0.1) is 26.6 Å². The van der Waals surface area contributed by atoms with E-state index in [1.165, 1.54) is 24.8 Å². The number of nitrogens with two attached hydrogens (primary N) is 2. The van der Waals surface area contributed by atoms with Crippen LogP contribution in [0.4, 0.5) is 43.8 Å². The molecule has 4 fully saturated rings. The Balaban J connectivity index is 0.000000158. The van der Waals surface area contributed by atoms with Crippen LogP contribution in [0.2, 0.25) is 0 Å². The number of nitrogen functional groups attached to an aromatic ring is 2. The monoisotopic (exact) mass is 1210 g/mol. The summed E-state index contributed by atoms with van der Waals surface area (Å²) in [6.07, 6.45) is 17.0. The summed E-state index contributed by atoms with van der Waals surface area (Å²) >= 11 is 3.51. The second kappa shape index (κ2) is 23.7. The van der Waals surface area contributed by atoms with Gasteiger partial charge in [0.15, 0.2) is 11.2 Å². The number of aromatic nitrogens is 8. The minimum Gasteiger partial charge on any atom is -0.423 e. The number of halogens is 3. The highest BCUT2D eigenvalue weighted by molar-refractivity contribution is 9.10. The van der Waals surface area contributed by atoms with Gasteiger partial charge in [-0.25, -0.2) is 28.7 Å². The molecule has 85 heavy (non-hydrogen) atoms. The van der Waals surface area contributed by atoms with Crippen molar-refractivity contribution in [2.75, 3.05) is 88.6 Å². The minimum atomic E-state index is -0.422. The number of likely N-dealkylation sites (N-methyl/N-ethyl adjacent to an activating group) is 2. The van der Waals surface area contributed by atoms with E-state index in [1.807, 2.05) is 44.2 Å². The van der Waals surface area contributed by atoms with Crippen LogP contribution in [0.25, 0.3) is 66.5 Å². The number of nitrogens with zero attached hydrogens (tertiary/aromatic N) is 12. The largest absolute Gasteiger partial charge is 0.423 e. The molecular formula is C64H73BrF2N16O2. The van der Waals surface area contributed by atoms with Crippen LogP contribution in [0.15, 0.2) is 99.0 Å². The summed E-state index contributed by atoms with van der Waals surface area (Å²) in [6, 6.07) is 20.6. The number of hydrogen-bond acceptors (Lipinski definition) is 16. The Hall–Kier alpha value is -7.56. The Morgan fingerprint density at radius 1 is 0.553 bits per heavy atom. The molecule has 14 rings (SSSR count). The number of anilines is 6. The molecule has 442 valence electrons. The SMILES string of the molecule is CCc1cc(C)cc2nc(Nc3ccc(-c4cn(C5CCC(N6CCN(C)CC6)CC5)c5ncnc(N)c45)cc3F)oc12.Cc1cc(Br)c2oc(Nc3ccc(-c4cn(C5CCC(N6CCN(C)CC6)CC5)c5ncnc(N)c45)cc3F)nc2c1. The first-order valence-corrected chi connectivity index (χ1v) is 30.7. The Morgan fingerprint density at radius 2 is 0.976 bits per heavy atom. The number of piperazine rings is 2. The number of nitrogens with one attached hydrogen (secondary N) is 2. The third-order valence-corrected chi connectivity index (χ3v) is 18.8. The molecule has 18 nitrogen and oxygen atoms in total. The van der Waals surface area contributed by atoms with E-state index in [4.69, 9.17) is 20.3 Å². The molecule has 8 heterocycles. The van der Waals surface area contributed by atoms with E-state index < -0.39 is 11.6 Å². The molecule has 6 N–H and O–H groups in total. The number of fused-ring (bicyclic) bond motifs is 4. The molecule has 0 unspecified atom stereocenters. The normalized spacial score (nSPS) is 20.4. The molecule has 0 atom stereocenters. The summed E-state index contributed by atoms with van der Waals surface area (Å²) in [6.45, 7) is 15.2. The Labute approximate surface area is 501 Å². The molecule has 0 amide bonds. The molecule has 6 aromatic heterocycles. The summed E-state index contributed by atoms with van der Waals surface area (Å²) in [5.41, 5.74) is 24.1. The summed E-state index contributed by atoms with van der Waals surface area (Å²) < 4.78 is 48.2. The average molecular weight is 1220 g/mol. The summed E-state index contributed by atoms with van der Waals surface area (Å²) in [5, 5.41) is 7.56. The van der Waals surface area contributed by atoms with E-state index in [0.29, 0.717) is 58.2 Å². The molecule has 2 saturated heterocycles. The van der Waals surface area contributed by atoms with Crippen molar-refractivity contribution in [3.63, 3.8) is 0 Å². The Bertz CT molecular complexity index is 4070. The number of benzene rings is 4. The zero-order valence-corrected chi connectivity index (χ0v) is 50.5. The van der Waals surface area contributed by atoms with Gasteiger partial charge in [-0.3, -0.25) is 9.80 Å². The van der Waals surface area contributed by atoms with Crippen LogP contribution >= 0.6 is 15.9 Å². The minimum absolute atomic E-state index is 0.226. The van der Waals surface area contributed by atoms with Crippen LogP contribution in [0, 0.1) is 25.5 Å². The second-order valence-electron chi connectivity index (χ2n) is 23.8. The van der Waals surface area contributed by atoms with Gasteiger partial charge in [-0.15, -0.1) is 0 Å². The molecule has 0 radical (unpaired) electrons. The highest BCUT2D eigenvalue weighted by Gasteiger charge is 2.32. The lowest BCUT2D eigenvalue weighted by molar-refractivity contribution is 0.0827. The van der Waals surface area contributed by atoms with E-state index in [0.717, 1.165) is 181 Å². The van der Waals surface area contributed by atoms with Crippen LogP contribution in [0.1, 0.15) is 87.1 Å². The number of hydrogen-bond donors (Lipinski definition) is 4. The van der Waals surface area contributed by atoms with Crippen molar-refractivity contribution in [3.8, 4) is 22.3 Å². The van der Waals surface area contributed by atoms with Gasteiger partial charge in [-0.1, -0.05) is 25.1 Å². The average Bonchev–Trinajstić information content (AvgIpc) is 2.13. The summed E-state index contributed by atoms with van der Waals surface area (Å²) in [5.74, 6) is -0.0273. The standard InChI is InChI=1S/C33H39FN8O.C31H34BrFN8O/c1-4-21-15-20(2)16-28-30(21)43-33(39-28)38-27-10-5-22(17-26(27)34)25-18-42(32-29(25)31(35)36-19-37-32)24-8-6-23(7-9-24)41-13-11-40(3)12-14-41;1-18-13-23(32)28-26(14-18)38-31(42-28)37-25-8-3-19(15-24(25)33)22-16-41(30-27(22)29(34)35-17-36-30)21-6-4-20(5-7-21)40-11-9-39(2)10-12-40/h5,10,15-19,23-24H,4,6-9,11-14H2,1-3H3,(H,38,39)(H2,35,36,37);3,8,13-17,20-21H,4-7,9-12H2,1-2H3,(H,37,38)(H2,34,35,36). The maximum atomic E-state index is 15.6. The molecule has 0 bridgehead atoms. The van der Waals surface area contributed by atoms with E-state index >= 15 is 8.78 Å². The molecule has 4 aliphatic rings. The van der Waals surface area contributed by atoms with Gasteiger partial charge in [0.25, 0.3) is 12.0 Å². The van der Waals surface area contributed by atoms with Crippen LogP contribution in [-0.4, -0.2) is 137 Å². The van der Waals surface area contributed by atoms with Gasteiger partial charge in [-0.05, 0) is 172 Å². The van der Waals surface area contributed by atoms with Gasteiger partial charge in [0.1, 0.15) is 58.3 Å².